The predicted octanol–water partition coefficient (Wildman–Crippen LogP) is 4.38. The fourth-order valence-electron chi connectivity index (χ4n) is 3.87. The molecule has 5 nitrogen and oxygen atoms in total. The number of hydrogen-bond acceptors (Lipinski definition) is 5. The zero-order chi connectivity index (χ0) is 22.0. The van der Waals surface area contributed by atoms with Gasteiger partial charge in [0.1, 0.15) is 12.7 Å². The van der Waals surface area contributed by atoms with Crippen molar-refractivity contribution in [2.75, 3.05) is 13.2 Å². The van der Waals surface area contributed by atoms with Crippen molar-refractivity contribution >= 4 is 5.97 Å². The molecular formula is C27H29NO4. The first-order valence-electron chi connectivity index (χ1n) is 11.1. The third kappa shape index (κ3) is 6.26. The second-order valence-corrected chi connectivity index (χ2v) is 7.91. The summed E-state index contributed by atoms with van der Waals surface area (Å²) < 4.78 is 18.3. The highest BCUT2D eigenvalue weighted by molar-refractivity contribution is 5.89. The van der Waals surface area contributed by atoms with E-state index in [0.717, 1.165) is 24.1 Å². The molecule has 1 aliphatic rings. The lowest BCUT2D eigenvalue weighted by molar-refractivity contribution is -0.121. The van der Waals surface area contributed by atoms with Gasteiger partial charge in [-0.3, -0.25) is 0 Å². The van der Waals surface area contributed by atoms with E-state index < -0.39 is 0 Å². The standard InChI is InChI=1S/C27H29NO4/c29-27(23-14-8-3-9-15-23)32-20-24-26(31-19-22-12-6-2-7-13-22)25(16-17-28-24)30-18-21-10-4-1-5-11-21/h1-15,24-26,28H,16-20H2/t24-,25+,26-/m0/s1. The molecule has 3 aromatic rings. The van der Waals surface area contributed by atoms with Crippen LogP contribution in [0.5, 0.6) is 0 Å². The van der Waals surface area contributed by atoms with Gasteiger partial charge in [0.25, 0.3) is 0 Å². The molecule has 1 fully saturated rings. The smallest absolute Gasteiger partial charge is 0.338 e. The Hall–Kier alpha value is -2.99. The van der Waals surface area contributed by atoms with Crippen LogP contribution < -0.4 is 5.32 Å². The fraction of sp³-hybridized carbons (Fsp3) is 0.296. The van der Waals surface area contributed by atoms with E-state index in [0.29, 0.717) is 18.8 Å². The summed E-state index contributed by atoms with van der Waals surface area (Å²) in [7, 11) is 0. The number of hydrogen-bond donors (Lipinski definition) is 1. The average molecular weight is 432 g/mol. The number of carbonyl (C=O) groups is 1. The molecule has 5 heteroatoms. The number of nitrogens with one attached hydrogen (secondary N) is 1. The van der Waals surface area contributed by atoms with Gasteiger partial charge in [0.15, 0.2) is 0 Å². The minimum absolute atomic E-state index is 0.0967. The van der Waals surface area contributed by atoms with Gasteiger partial charge in [0, 0.05) is 0 Å². The maximum absolute atomic E-state index is 12.4. The van der Waals surface area contributed by atoms with E-state index in [4.69, 9.17) is 14.2 Å². The molecule has 32 heavy (non-hydrogen) atoms. The third-order valence-corrected chi connectivity index (χ3v) is 5.59. The molecule has 0 saturated carbocycles. The van der Waals surface area contributed by atoms with Crippen molar-refractivity contribution in [2.45, 2.75) is 37.9 Å². The SMILES string of the molecule is O=C(OC[C@@H]1NCC[C@@H](OCc2ccccc2)[C@H]1OCc1ccccc1)c1ccccc1. The van der Waals surface area contributed by atoms with E-state index in [1.165, 1.54) is 0 Å². The van der Waals surface area contributed by atoms with Gasteiger partial charge >= 0.3 is 5.97 Å². The largest absolute Gasteiger partial charge is 0.460 e. The first-order chi connectivity index (χ1) is 15.8. The summed E-state index contributed by atoms with van der Waals surface area (Å²) in [5.41, 5.74) is 2.77. The summed E-state index contributed by atoms with van der Waals surface area (Å²) in [4.78, 5) is 12.4. The lowest BCUT2D eigenvalue weighted by Gasteiger charge is -2.38. The Labute approximate surface area is 189 Å². The number of carbonyl (C=O) groups excluding carboxylic acids is 1. The minimum Gasteiger partial charge on any atom is -0.460 e. The molecule has 0 aromatic heterocycles. The normalized spacial score (nSPS) is 20.6. The van der Waals surface area contributed by atoms with Gasteiger partial charge in [0.05, 0.1) is 30.9 Å². The van der Waals surface area contributed by atoms with E-state index in [2.05, 4.69) is 17.4 Å². The van der Waals surface area contributed by atoms with E-state index >= 15 is 0 Å². The van der Waals surface area contributed by atoms with E-state index in [1.807, 2.05) is 66.7 Å². The first-order valence-corrected chi connectivity index (χ1v) is 11.1. The van der Waals surface area contributed by atoms with Gasteiger partial charge in [0.2, 0.25) is 0 Å². The summed E-state index contributed by atoms with van der Waals surface area (Å²) in [6, 6.07) is 29.1. The average Bonchev–Trinajstić information content (AvgIpc) is 2.87. The minimum atomic E-state index is -0.332. The van der Waals surface area contributed by atoms with E-state index in [9.17, 15) is 4.79 Å². The maximum Gasteiger partial charge on any atom is 0.338 e. The molecule has 0 unspecified atom stereocenters. The molecular weight excluding hydrogens is 402 g/mol. The summed E-state index contributed by atoms with van der Waals surface area (Å²) in [5.74, 6) is -0.332. The lowest BCUT2D eigenvalue weighted by Crippen LogP contribution is -2.56. The topological polar surface area (TPSA) is 56.8 Å². The first kappa shape index (κ1) is 22.2. The molecule has 0 aliphatic carbocycles. The number of benzene rings is 3. The quantitative estimate of drug-likeness (QED) is 0.510. The van der Waals surface area contributed by atoms with Crippen molar-refractivity contribution in [1.82, 2.24) is 5.32 Å². The van der Waals surface area contributed by atoms with Crippen LogP contribution in [0.25, 0.3) is 0 Å². The zero-order valence-electron chi connectivity index (χ0n) is 18.1. The molecule has 0 spiro atoms. The summed E-state index contributed by atoms with van der Waals surface area (Å²) in [5, 5.41) is 3.46. The molecule has 1 saturated heterocycles. The number of esters is 1. The van der Waals surface area contributed by atoms with Crippen molar-refractivity contribution in [1.29, 1.82) is 0 Å². The predicted molar refractivity (Wildman–Crippen MR) is 123 cm³/mol. The van der Waals surface area contributed by atoms with Crippen LogP contribution in [-0.4, -0.2) is 37.4 Å². The number of ether oxygens (including phenoxy) is 3. The molecule has 1 N–H and O–H groups in total. The zero-order valence-corrected chi connectivity index (χ0v) is 18.1. The van der Waals surface area contributed by atoms with Gasteiger partial charge in [-0.2, -0.15) is 0 Å². The van der Waals surface area contributed by atoms with Crippen molar-refractivity contribution in [2.24, 2.45) is 0 Å². The highest BCUT2D eigenvalue weighted by Crippen LogP contribution is 2.21. The van der Waals surface area contributed by atoms with Crippen LogP contribution in [0.2, 0.25) is 0 Å². The Morgan fingerprint density at radius 1 is 0.781 bits per heavy atom. The second kappa shape index (κ2) is 11.6. The molecule has 3 aromatic carbocycles. The Bertz CT molecular complexity index is 949. The highest BCUT2D eigenvalue weighted by atomic mass is 16.6. The number of rotatable bonds is 9. The van der Waals surface area contributed by atoms with Crippen LogP contribution in [-0.2, 0) is 27.4 Å². The van der Waals surface area contributed by atoms with Crippen LogP contribution in [0.4, 0.5) is 0 Å². The molecule has 0 amide bonds. The van der Waals surface area contributed by atoms with Crippen LogP contribution in [0.3, 0.4) is 0 Å². The summed E-state index contributed by atoms with van der Waals surface area (Å²) >= 11 is 0. The van der Waals surface area contributed by atoms with Crippen LogP contribution in [0, 0.1) is 0 Å². The fourth-order valence-corrected chi connectivity index (χ4v) is 3.87. The number of piperidine rings is 1. The van der Waals surface area contributed by atoms with Crippen molar-refractivity contribution < 1.29 is 19.0 Å². The van der Waals surface area contributed by atoms with Crippen molar-refractivity contribution in [3.63, 3.8) is 0 Å². The van der Waals surface area contributed by atoms with Crippen molar-refractivity contribution in [3.05, 3.63) is 108 Å². The molecule has 1 heterocycles. The third-order valence-electron chi connectivity index (χ3n) is 5.59. The van der Waals surface area contributed by atoms with Crippen LogP contribution in [0.1, 0.15) is 27.9 Å². The monoisotopic (exact) mass is 431 g/mol. The van der Waals surface area contributed by atoms with Gasteiger partial charge in [-0.15, -0.1) is 0 Å². The van der Waals surface area contributed by atoms with Gasteiger partial charge in [-0.25, -0.2) is 4.79 Å². The maximum atomic E-state index is 12.4. The van der Waals surface area contributed by atoms with Gasteiger partial charge < -0.3 is 19.5 Å². The van der Waals surface area contributed by atoms with E-state index in [-0.39, 0.29) is 30.8 Å². The van der Waals surface area contributed by atoms with Crippen molar-refractivity contribution in [3.8, 4) is 0 Å². The Balaban J connectivity index is 1.41. The lowest BCUT2D eigenvalue weighted by atomic mass is 9.98. The second-order valence-electron chi connectivity index (χ2n) is 7.91. The molecule has 1 aliphatic heterocycles. The molecule has 0 radical (unpaired) electrons. The van der Waals surface area contributed by atoms with Gasteiger partial charge in [-0.05, 0) is 36.2 Å². The highest BCUT2D eigenvalue weighted by Gasteiger charge is 2.35. The summed E-state index contributed by atoms with van der Waals surface area (Å²) in [6.45, 7) is 1.99. The molecule has 3 atom stereocenters. The molecule has 166 valence electrons. The Morgan fingerprint density at radius 3 is 1.97 bits per heavy atom. The molecule has 0 bridgehead atoms. The Kier molecular flexibility index (Phi) is 8.04. The van der Waals surface area contributed by atoms with Gasteiger partial charge in [-0.1, -0.05) is 78.9 Å². The Morgan fingerprint density at radius 2 is 1.34 bits per heavy atom. The van der Waals surface area contributed by atoms with Crippen LogP contribution >= 0.6 is 0 Å². The van der Waals surface area contributed by atoms with Crippen LogP contribution in [0.15, 0.2) is 91.0 Å². The van der Waals surface area contributed by atoms with E-state index in [1.54, 1.807) is 12.1 Å². The summed E-state index contributed by atoms with van der Waals surface area (Å²) in [6.07, 6.45) is 0.493. The molecule has 4 rings (SSSR count).